The minimum absolute atomic E-state index is 0.0320. The Balaban J connectivity index is 1.80. The van der Waals surface area contributed by atoms with Crippen molar-refractivity contribution >= 4 is 16.7 Å². The summed E-state index contributed by atoms with van der Waals surface area (Å²) >= 11 is 0. The van der Waals surface area contributed by atoms with E-state index in [1.165, 1.54) is 6.26 Å². The summed E-state index contributed by atoms with van der Waals surface area (Å²) in [6, 6.07) is 12.8. The summed E-state index contributed by atoms with van der Waals surface area (Å²) in [6.07, 6.45) is 3.08. The van der Waals surface area contributed by atoms with Gasteiger partial charge in [0.25, 0.3) is 5.91 Å². The third kappa shape index (κ3) is 2.71. The van der Waals surface area contributed by atoms with Crippen LogP contribution in [0, 0.1) is 0 Å². The van der Waals surface area contributed by atoms with Crippen LogP contribution in [0.3, 0.4) is 0 Å². The molecule has 0 saturated carbocycles. The predicted molar refractivity (Wildman–Crippen MR) is 82.4 cm³/mol. The Hall–Kier alpha value is -2.66. The van der Waals surface area contributed by atoms with E-state index < -0.39 is 5.60 Å². The number of nitrogens with one attached hydrogen (secondary N) is 1. The monoisotopic (exact) mass is 296 g/mol. The van der Waals surface area contributed by atoms with Gasteiger partial charge in [0.15, 0.2) is 0 Å². The van der Waals surface area contributed by atoms with Crippen LogP contribution in [0.15, 0.2) is 59.3 Å². The van der Waals surface area contributed by atoms with Gasteiger partial charge < -0.3 is 14.8 Å². The first-order chi connectivity index (χ1) is 10.6. The topological polar surface area (TPSA) is 75.4 Å². The van der Waals surface area contributed by atoms with Crippen molar-refractivity contribution in [1.82, 2.24) is 10.3 Å². The van der Waals surface area contributed by atoms with Gasteiger partial charge in [-0.15, -0.1) is 0 Å². The lowest BCUT2D eigenvalue weighted by Gasteiger charge is -2.21. The van der Waals surface area contributed by atoms with Crippen LogP contribution in [0.1, 0.15) is 23.2 Å². The van der Waals surface area contributed by atoms with Gasteiger partial charge in [-0.3, -0.25) is 9.78 Å². The molecule has 0 saturated heterocycles. The van der Waals surface area contributed by atoms with Gasteiger partial charge in [-0.2, -0.15) is 0 Å². The van der Waals surface area contributed by atoms with E-state index in [0.29, 0.717) is 11.5 Å². The van der Waals surface area contributed by atoms with Gasteiger partial charge >= 0.3 is 0 Å². The second kappa shape index (κ2) is 5.61. The number of carbonyl (C=O) groups excluding carboxylic acids is 1. The Labute approximate surface area is 127 Å². The fourth-order valence-corrected chi connectivity index (χ4v) is 2.31. The summed E-state index contributed by atoms with van der Waals surface area (Å²) in [6.45, 7) is 1.62. The van der Waals surface area contributed by atoms with E-state index in [1.807, 2.05) is 30.3 Å². The number of rotatable bonds is 4. The van der Waals surface area contributed by atoms with Crippen molar-refractivity contribution in [2.45, 2.75) is 12.5 Å². The molecule has 1 aromatic carbocycles. The van der Waals surface area contributed by atoms with Crippen LogP contribution in [0.5, 0.6) is 0 Å². The number of hydrogen-bond donors (Lipinski definition) is 2. The van der Waals surface area contributed by atoms with Crippen molar-refractivity contribution in [3.8, 4) is 0 Å². The lowest BCUT2D eigenvalue weighted by molar-refractivity contribution is 0.0330. The summed E-state index contributed by atoms with van der Waals surface area (Å²) in [5, 5.41) is 14.8. The Morgan fingerprint density at radius 3 is 2.86 bits per heavy atom. The lowest BCUT2D eigenvalue weighted by Crippen LogP contribution is -2.38. The minimum atomic E-state index is -1.27. The van der Waals surface area contributed by atoms with E-state index in [9.17, 15) is 9.90 Å². The molecule has 22 heavy (non-hydrogen) atoms. The number of carbonyl (C=O) groups is 1. The molecule has 2 heterocycles. The minimum Gasteiger partial charge on any atom is -0.466 e. The summed E-state index contributed by atoms with van der Waals surface area (Å²) in [4.78, 5) is 16.5. The van der Waals surface area contributed by atoms with Crippen LogP contribution < -0.4 is 5.32 Å². The fourth-order valence-electron chi connectivity index (χ4n) is 2.31. The van der Waals surface area contributed by atoms with Crippen molar-refractivity contribution in [3.63, 3.8) is 0 Å². The summed E-state index contributed by atoms with van der Waals surface area (Å²) in [7, 11) is 0. The van der Waals surface area contributed by atoms with Gasteiger partial charge in [-0.05, 0) is 30.5 Å². The number of amides is 1. The van der Waals surface area contributed by atoms with Crippen LogP contribution in [-0.2, 0) is 5.60 Å². The van der Waals surface area contributed by atoms with Crippen LogP contribution in [0.2, 0.25) is 0 Å². The van der Waals surface area contributed by atoms with E-state index in [1.54, 1.807) is 25.3 Å². The van der Waals surface area contributed by atoms with Crippen LogP contribution in [0.4, 0.5) is 0 Å². The highest BCUT2D eigenvalue weighted by Crippen LogP contribution is 2.20. The Kier molecular flexibility index (Phi) is 3.65. The van der Waals surface area contributed by atoms with Crippen molar-refractivity contribution in [3.05, 3.63) is 66.4 Å². The summed E-state index contributed by atoms with van der Waals surface area (Å²) < 4.78 is 5.19. The molecule has 0 spiro atoms. The van der Waals surface area contributed by atoms with Crippen molar-refractivity contribution in [2.75, 3.05) is 6.54 Å². The predicted octanol–water partition coefficient (Wildman–Crippen LogP) is 2.47. The molecule has 2 N–H and O–H groups in total. The molecule has 0 bridgehead atoms. The maximum absolute atomic E-state index is 12.4. The van der Waals surface area contributed by atoms with Crippen LogP contribution >= 0.6 is 0 Å². The number of pyridine rings is 1. The number of aromatic nitrogens is 1. The molecule has 1 atom stereocenters. The number of fused-ring (bicyclic) bond motifs is 1. The van der Waals surface area contributed by atoms with Gasteiger partial charge in [-0.25, -0.2) is 0 Å². The normalized spacial score (nSPS) is 13.7. The van der Waals surface area contributed by atoms with E-state index in [4.69, 9.17) is 4.42 Å². The molecule has 5 heteroatoms. The molecule has 112 valence electrons. The van der Waals surface area contributed by atoms with Gasteiger partial charge in [0.05, 0.1) is 12.8 Å². The standard InChI is InChI=1S/C17H16N2O3/c1-17(21,14-7-4-10-22-14)11-19-16(20)15-13-6-3-2-5-12(13)8-9-18-15/h2-10,21H,11H2,1H3,(H,19,20). The molecule has 0 radical (unpaired) electrons. The second-order valence-corrected chi connectivity index (χ2v) is 5.31. The Bertz CT molecular complexity index is 789. The van der Waals surface area contributed by atoms with Gasteiger partial charge in [-0.1, -0.05) is 24.3 Å². The molecule has 5 nitrogen and oxygen atoms in total. The number of nitrogens with zero attached hydrogens (tertiary/aromatic N) is 1. The van der Waals surface area contributed by atoms with E-state index in [0.717, 1.165) is 10.8 Å². The number of hydrogen-bond acceptors (Lipinski definition) is 4. The van der Waals surface area contributed by atoms with Gasteiger partial charge in [0, 0.05) is 11.6 Å². The highest BCUT2D eigenvalue weighted by molar-refractivity contribution is 6.05. The van der Waals surface area contributed by atoms with E-state index in [-0.39, 0.29) is 12.5 Å². The van der Waals surface area contributed by atoms with Crippen molar-refractivity contribution < 1.29 is 14.3 Å². The number of furan rings is 1. The van der Waals surface area contributed by atoms with E-state index in [2.05, 4.69) is 10.3 Å². The molecular weight excluding hydrogens is 280 g/mol. The smallest absolute Gasteiger partial charge is 0.270 e. The van der Waals surface area contributed by atoms with Gasteiger partial charge in [0.2, 0.25) is 0 Å². The Morgan fingerprint density at radius 1 is 1.27 bits per heavy atom. The Morgan fingerprint density at radius 2 is 2.09 bits per heavy atom. The maximum Gasteiger partial charge on any atom is 0.270 e. The molecule has 1 unspecified atom stereocenters. The molecule has 3 aromatic rings. The molecule has 0 aliphatic carbocycles. The number of benzene rings is 1. The fraction of sp³-hybridized carbons (Fsp3) is 0.176. The molecule has 2 aromatic heterocycles. The molecular formula is C17H16N2O3. The molecule has 1 amide bonds. The molecule has 0 aliphatic heterocycles. The average Bonchev–Trinajstić information content (AvgIpc) is 3.07. The van der Waals surface area contributed by atoms with Crippen molar-refractivity contribution in [1.29, 1.82) is 0 Å². The van der Waals surface area contributed by atoms with Crippen molar-refractivity contribution in [2.24, 2.45) is 0 Å². The molecule has 3 rings (SSSR count). The lowest BCUT2D eigenvalue weighted by atomic mass is 10.0. The largest absolute Gasteiger partial charge is 0.466 e. The summed E-state index contributed by atoms with van der Waals surface area (Å²) in [5.41, 5.74) is -0.933. The van der Waals surface area contributed by atoms with E-state index >= 15 is 0 Å². The number of aliphatic hydroxyl groups is 1. The molecule has 0 fully saturated rings. The van der Waals surface area contributed by atoms with Crippen LogP contribution in [-0.4, -0.2) is 22.5 Å². The first-order valence-electron chi connectivity index (χ1n) is 6.96. The first-order valence-corrected chi connectivity index (χ1v) is 6.96. The third-order valence-corrected chi connectivity index (χ3v) is 3.53. The average molecular weight is 296 g/mol. The first kappa shape index (κ1) is 14.3. The zero-order valence-electron chi connectivity index (χ0n) is 12.1. The molecule has 0 aliphatic rings. The zero-order valence-corrected chi connectivity index (χ0v) is 12.1. The quantitative estimate of drug-likeness (QED) is 0.775. The highest BCUT2D eigenvalue weighted by Gasteiger charge is 2.27. The summed E-state index contributed by atoms with van der Waals surface area (Å²) in [5.74, 6) is 0.0716. The van der Waals surface area contributed by atoms with Gasteiger partial charge in [0.1, 0.15) is 17.1 Å². The maximum atomic E-state index is 12.4. The highest BCUT2D eigenvalue weighted by atomic mass is 16.4. The second-order valence-electron chi connectivity index (χ2n) is 5.31. The SMILES string of the molecule is CC(O)(CNC(=O)c1nccc2ccccc12)c1ccco1. The zero-order chi connectivity index (χ0) is 15.6. The third-order valence-electron chi connectivity index (χ3n) is 3.53. The van der Waals surface area contributed by atoms with Crippen LogP contribution in [0.25, 0.3) is 10.8 Å².